The third-order valence-corrected chi connectivity index (χ3v) is 2.81. The SMILES string of the molecule is CNCc1nc2ccc(Cl)cc2n1C(C)C. The average molecular weight is 238 g/mol. The van der Waals surface area contributed by atoms with Crippen LogP contribution >= 0.6 is 11.6 Å². The molecule has 0 spiro atoms. The standard InChI is InChI=1S/C12H16ClN3/c1-8(2)16-11-6-9(13)4-5-10(11)15-12(16)7-14-3/h4-6,8,14H,7H2,1-3H3. The van der Waals surface area contributed by atoms with E-state index >= 15 is 0 Å². The van der Waals surface area contributed by atoms with Gasteiger partial charge in [0, 0.05) is 11.1 Å². The molecule has 0 bridgehead atoms. The van der Waals surface area contributed by atoms with Gasteiger partial charge in [0.2, 0.25) is 0 Å². The van der Waals surface area contributed by atoms with Crippen molar-refractivity contribution in [3.05, 3.63) is 29.0 Å². The van der Waals surface area contributed by atoms with Crippen LogP contribution in [0.4, 0.5) is 0 Å². The molecule has 2 aromatic rings. The molecular formula is C12H16ClN3. The fourth-order valence-electron chi connectivity index (χ4n) is 1.98. The second-order valence-corrected chi connectivity index (χ2v) is 4.59. The van der Waals surface area contributed by atoms with E-state index in [-0.39, 0.29) is 0 Å². The Morgan fingerprint density at radius 1 is 1.44 bits per heavy atom. The molecule has 0 aliphatic heterocycles. The van der Waals surface area contributed by atoms with Gasteiger partial charge in [0.1, 0.15) is 5.82 Å². The van der Waals surface area contributed by atoms with Crippen molar-refractivity contribution < 1.29 is 0 Å². The van der Waals surface area contributed by atoms with E-state index in [0.29, 0.717) is 6.04 Å². The van der Waals surface area contributed by atoms with Crippen molar-refractivity contribution in [3.8, 4) is 0 Å². The number of benzene rings is 1. The Hall–Kier alpha value is -1.06. The highest BCUT2D eigenvalue weighted by Gasteiger charge is 2.12. The van der Waals surface area contributed by atoms with Crippen LogP contribution in [0, 0.1) is 0 Å². The molecule has 0 amide bonds. The van der Waals surface area contributed by atoms with Crippen LogP contribution in [0.5, 0.6) is 0 Å². The number of aromatic nitrogens is 2. The minimum Gasteiger partial charge on any atom is -0.324 e. The molecule has 0 radical (unpaired) electrons. The molecule has 3 nitrogen and oxygen atoms in total. The smallest absolute Gasteiger partial charge is 0.124 e. The minimum atomic E-state index is 0.381. The van der Waals surface area contributed by atoms with Gasteiger partial charge in [-0.1, -0.05) is 11.6 Å². The van der Waals surface area contributed by atoms with E-state index in [0.717, 1.165) is 28.4 Å². The van der Waals surface area contributed by atoms with Gasteiger partial charge in [0.25, 0.3) is 0 Å². The predicted octanol–water partition coefficient (Wildman–Crippen LogP) is 2.99. The fourth-order valence-corrected chi connectivity index (χ4v) is 2.14. The molecule has 0 unspecified atom stereocenters. The molecule has 2 rings (SSSR count). The van der Waals surface area contributed by atoms with E-state index in [1.807, 2.05) is 25.2 Å². The zero-order valence-corrected chi connectivity index (χ0v) is 10.5. The van der Waals surface area contributed by atoms with Crippen molar-refractivity contribution in [3.63, 3.8) is 0 Å². The first kappa shape index (κ1) is 11.4. The first-order valence-corrected chi connectivity index (χ1v) is 5.82. The van der Waals surface area contributed by atoms with E-state index in [9.17, 15) is 0 Å². The second-order valence-electron chi connectivity index (χ2n) is 4.16. The molecule has 86 valence electrons. The lowest BCUT2D eigenvalue weighted by molar-refractivity contribution is 0.570. The van der Waals surface area contributed by atoms with Gasteiger partial charge in [-0.15, -0.1) is 0 Å². The average Bonchev–Trinajstić information content (AvgIpc) is 2.55. The molecular weight excluding hydrogens is 222 g/mol. The number of hydrogen-bond acceptors (Lipinski definition) is 2. The molecule has 1 aromatic heterocycles. The van der Waals surface area contributed by atoms with E-state index in [1.54, 1.807) is 0 Å². The summed E-state index contributed by atoms with van der Waals surface area (Å²) in [5.41, 5.74) is 2.11. The van der Waals surface area contributed by atoms with Crippen molar-refractivity contribution in [2.24, 2.45) is 0 Å². The van der Waals surface area contributed by atoms with Crippen molar-refractivity contribution in [1.82, 2.24) is 14.9 Å². The summed E-state index contributed by atoms with van der Waals surface area (Å²) >= 11 is 6.02. The number of halogens is 1. The summed E-state index contributed by atoms with van der Waals surface area (Å²) < 4.78 is 2.22. The Labute approximate surface area is 100 Å². The fraction of sp³-hybridized carbons (Fsp3) is 0.417. The summed E-state index contributed by atoms with van der Waals surface area (Å²) in [5.74, 6) is 1.05. The van der Waals surface area contributed by atoms with E-state index < -0.39 is 0 Å². The van der Waals surface area contributed by atoms with Gasteiger partial charge in [-0.3, -0.25) is 0 Å². The van der Waals surface area contributed by atoms with E-state index in [2.05, 4.69) is 28.7 Å². The number of imidazole rings is 1. The monoisotopic (exact) mass is 237 g/mol. The molecule has 0 atom stereocenters. The van der Waals surface area contributed by atoms with Crippen LogP contribution in [0.3, 0.4) is 0 Å². The molecule has 0 aliphatic rings. The van der Waals surface area contributed by atoms with Crippen LogP contribution in [-0.2, 0) is 6.54 Å². The van der Waals surface area contributed by atoms with Gasteiger partial charge in [0.15, 0.2) is 0 Å². The Balaban J connectivity index is 2.67. The van der Waals surface area contributed by atoms with E-state index in [1.165, 1.54) is 0 Å². The van der Waals surface area contributed by atoms with Crippen LogP contribution in [0.1, 0.15) is 25.7 Å². The first-order chi connectivity index (χ1) is 7.63. The van der Waals surface area contributed by atoms with Gasteiger partial charge >= 0.3 is 0 Å². The van der Waals surface area contributed by atoms with Crippen molar-refractivity contribution in [2.45, 2.75) is 26.4 Å². The summed E-state index contributed by atoms with van der Waals surface area (Å²) in [7, 11) is 1.93. The number of rotatable bonds is 3. The van der Waals surface area contributed by atoms with Crippen LogP contribution in [0.15, 0.2) is 18.2 Å². The van der Waals surface area contributed by atoms with Crippen molar-refractivity contribution in [1.29, 1.82) is 0 Å². The first-order valence-electron chi connectivity index (χ1n) is 5.44. The van der Waals surface area contributed by atoms with Gasteiger partial charge in [-0.2, -0.15) is 0 Å². The molecule has 0 saturated carbocycles. The zero-order chi connectivity index (χ0) is 11.7. The summed E-state index contributed by atoms with van der Waals surface area (Å²) in [6.45, 7) is 5.08. The maximum Gasteiger partial charge on any atom is 0.124 e. The van der Waals surface area contributed by atoms with E-state index in [4.69, 9.17) is 11.6 Å². The maximum absolute atomic E-state index is 6.02. The molecule has 1 N–H and O–H groups in total. The molecule has 4 heteroatoms. The van der Waals surface area contributed by atoms with Gasteiger partial charge in [-0.05, 0) is 39.1 Å². The van der Waals surface area contributed by atoms with Crippen LogP contribution < -0.4 is 5.32 Å². The Kier molecular flexibility index (Phi) is 3.17. The third-order valence-electron chi connectivity index (χ3n) is 2.58. The minimum absolute atomic E-state index is 0.381. The highest BCUT2D eigenvalue weighted by Crippen LogP contribution is 2.24. The molecule has 0 aliphatic carbocycles. The molecule has 0 saturated heterocycles. The Morgan fingerprint density at radius 3 is 2.81 bits per heavy atom. The lowest BCUT2D eigenvalue weighted by Crippen LogP contribution is -2.13. The van der Waals surface area contributed by atoms with Gasteiger partial charge in [-0.25, -0.2) is 4.98 Å². The summed E-state index contributed by atoms with van der Waals surface area (Å²) in [6.07, 6.45) is 0. The summed E-state index contributed by atoms with van der Waals surface area (Å²) in [5, 5.41) is 3.89. The predicted molar refractivity (Wildman–Crippen MR) is 67.9 cm³/mol. The zero-order valence-electron chi connectivity index (χ0n) is 9.79. The summed E-state index contributed by atoms with van der Waals surface area (Å²) in [4.78, 5) is 4.61. The number of nitrogens with one attached hydrogen (secondary N) is 1. The number of fused-ring (bicyclic) bond motifs is 1. The topological polar surface area (TPSA) is 29.9 Å². The summed E-state index contributed by atoms with van der Waals surface area (Å²) in [6, 6.07) is 6.20. The molecule has 0 fully saturated rings. The lowest BCUT2D eigenvalue weighted by atomic mass is 10.3. The molecule has 1 heterocycles. The lowest BCUT2D eigenvalue weighted by Gasteiger charge is -2.12. The second kappa shape index (κ2) is 4.44. The number of hydrogen-bond donors (Lipinski definition) is 1. The van der Waals surface area contributed by atoms with Crippen molar-refractivity contribution >= 4 is 22.6 Å². The van der Waals surface area contributed by atoms with Crippen molar-refractivity contribution in [2.75, 3.05) is 7.05 Å². The van der Waals surface area contributed by atoms with Gasteiger partial charge in [0.05, 0.1) is 17.6 Å². The van der Waals surface area contributed by atoms with Gasteiger partial charge < -0.3 is 9.88 Å². The Morgan fingerprint density at radius 2 is 2.19 bits per heavy atom. The van der Waals surface area contributed by atoms with Crippen LogP contribution in [0.2, 0.25) is 5.02 Å². The molecule has 16 heavy (non-hydrogen) atoms. The maximum atomic E-state index is 6.02. The highest BCUT2D eigenvalue weighted by atomic mass is 35.5. The number of nitrogens with zero attached hydrogens (tertiary/aromatic N) is 2. The molecule has 1 aromatic carbocycles. The Bertz CT molecular complexity index is 502. The quantitative estimate of drug-likeness (QED) is 0.890. The largest absolute Gasteiger partial charge is 0.324 e. The van der Waals surface area contributed by atoms with Crippen LogP contribution in [-0.4, -0.2) is 16.6 Å². The third kappa shape index (κ3) is 1.93. The highest BCUT2D eigenvalue weighted by molar-refractivity contribution is 6.31. The normalized spacial score (nSPS) is 11.6. The van der Waals surface area contributed by atoms with Crippen LogP contribution in [0.25, 0.3) is 11.0 Å².